The lowest BCUT2D eigenvalue weighted by atomic mass is 10.0. The standard InChI is InChI=1S/C23H21BrN2O5S/c1-3-4-16-9-15(11-19-22(28)26(12-20(25)27)23(29)32-19)10-18(30-2)21(16)31-13-14-5-7-17(24)8-6-14/h3,5-11H,1,4,12-13H2,2H3,(H2,25,27)/b19-11-. The largest absolute Gasteiger partial charge is 0.493 e. The van der Waals surface area contributed by atoms with E-state index in [4.69, 9.17) is 15.2 Å². The van der Waals surface area contributed by atoms with Gasteiger partial charge in [0, 0.05) is 10.0 Å². The van der Waals surface area contributed by atoms with Crippen molar-refractivity contribution in [3.8, 4) is 11.5 Å². The molecule has 2 aromatic rings. The van der Waals surface area contributed by atoms with Crippen molar-refractivity contribution >= 4 is 50.8 Å². The lowest BCUT2D eigenvalue weighted by Crippen LogP contribution is -2.36. The Morgan fingerprint density at radius 1 is 1.25 bits per heavy atom. The number of allylic oxidation sites excluding steroid dienone is 1. The highest BCUT2D eigenvalue weighted by atomic mass is 79.9. The number of hydrogen-bond donors (Lipinski definition) is 1. The third kappa shape index (κ3) is 5.60. The minimum absolute atomic E-state index is 0.200. The maximum atomic E-state index is 12.5. The van der Waals surface area contributed by atoms with E-state index in [1.165, 1.54) is 7.11 Å². The zero-order valence-corrected chi connectivity index (χ0v) is 19.7. The highest BCUT2D eigenvalue weighted by Gasteiger charge is 2.35. The van der Waals surface area contributed by atoms with Crippen molar-refractivity contribution in [1.29, 1.82) is 0 Å². The number of hydrogen-bond acceptors (Lipinski definition) is 6. The predicted octanol–water partition coefficient (Wildman–Crippen LogP) is 4.29. The highest BCUT2D eigenvalue weighted by molar-refractivity contribution is 9.10. The number of halogens is 1. The van der Waals surface area contributed by atoms with Crippen LogP contribution >= 0.6 is 27.7 Å². The molecular formula is C23H21BrN2O5S. The molecule has 1 aliphatic heterocycles. The molecule has 0 aliphatic carbocycles. The second-order valence-corrected chi connectivity index (χ2v) is 8.76. The van der Waals surface area contributed by atoms with E-state index in [-0.39, 0.29) is 4.91 Å². The molecule has 9 heteroatoms. The first kappa shape index (κ1) is 23.6. The summed E-state index contributed by atoms with van der Waals surface area (Å²) in [5.74, 6) is -0.243. The molecule has 0 atom stereocenters. The van der Waals surface area contributed by atoms with Crippen molar-refractivity contribution in [1.82, 2.24) is 4.90 Å². The van der Waals surface area contributed by atoms with Crippen LogP contribution in [-0.4, -0.2) is 35.6 Å². The Labute approximate surface area is 198 Å². The number of rotatable bonds is 9. The number of carbonyl (C=O) groups excluding carboxylic acids is 3. The van der Waals surface area contributed by atoms with Crippen LogP contribution in [0.25, 0.3) is 6.08 Å². The number of amides is 3. The molecule has 0 saturated carbocycles. The SMILES string of the molecule is C=CCc1cc(/C=C2\SC(=O)N(CC(N)=O)C2=O)cc(OC)c1OCc1ccc(Br)cc1. The van der Waals surface area contributed by atoms with Crippen LogP contribution in [0.3, 0.4) is 0 Å². The molecule has 0 unspecified atom stereocenters. The molecule has 1 aliphatic rings. The number of carbonyl (C=O) groups is 3. The summed E-state index contributed by atoms with van der Waals surface area (Å²) in [6, 6.07) is 11.4. The number of imide groups is 1. The van der Waals surface area contributed by atoms with Gasteiger partial charge in [0.1, 0.15) is 13.2 Å². The van der Waals surface area contributed by atoms with Gasteiger partial charge in [0.15, 0.2) is 11.5 Å². The van der Waals surface area contributed by atoms with Gasteiger partial charge in [0.25, 0.3) is 11.1 Å². The molecule has 0 aromatic heterocycles. The van der Waals surface area contributed by atoms with Crippen molar-refractivity contribution in [2.75, 3.05) is 13.7 Å². The number of benzene rings is 2. The summed E-state index contributed by atoms with van der Waals surface area (Å²) in [5, 5.41) is -0.534. The molecule has 1 saturated heterocycles. The maximum Gasteiger partial charge on any atom is 0.294 e. The average molecular weight is 517 g/mol. The fourth-order valence-corrected chi connectivity index (χ4v) is 4.17. The molecule has 1 fully saturated rings. The maximum absolute atomic E-state index is 12.5. The Kier molecular flexibility index (Phi) is 7.76. The van der Waals surface area contributed by atoms with E-state index in [1.54, 1.807) is 18.2 Å². The minimum Gasteiger partial charge on any atom is -0.493 e. The van der Waals surface area contributed by atoms with E-state index in [1.807, 2.05) is 30.3 Å². The van der Waals surface area contributed by atoms with Gasteiger partial charge in [-0.25, -0.2) is 0 Å². The number of primary amides is 1. The van der Waals surface area contributed by atoms with Gasteiger partial charge in [-0.2, -0.15) is 0 Å². The van der Waals surface area contributed by atoms with E-state index >= 15 is 0 Å². The Morgan fingerprint density at radius 2 is 1.97 bits per heavy atom. The van der Waals surface area contributed by atoms with E-state index in [0.717, 1.165) is 32.3 Å². The van der Waals surface area contributed by atoms with Crippen molar-refractivity contribution in [3.05, 3.63) is 75.1 Å². The smallest absolute Gasteiger partial charge is 0.294 e. The molecule has 166 valence electrons. The summed E-state index contributed by atoms with van der Waals surface area (Å²) >= 11 is 4.17. The number of methoxy groups -OCH3 is 1. The van der Waals surface area contributed by atoms with Crippen LogP contribution in [0.1, 0.15) is 16.7 Å². The number of nitrogens with zero attached hydrogens (tertiary/aromatic N) is 1. The zero-order valence-electron chi connectivity index (χ0n) is 17.3. The van der Waals surface area contributed by atoms with Gasteiger partial charge in [0.05, 0.1) is 12.0 Å². The fourth-order valence-electron chi connectivity index (χ4n) is 3.07. The van der Waals surface area contributed by atoms with Gasteiger partial charge >= 0.3 is 0 Å². The lowest BCUT2D eigenvalue weighted by Gasteiger charge is -2.16. The monoisotopic (exact) mass is 516 g/mol. The third-order valence-corrected chi connectivity index (χ3v) is 5.96. The second kappa shape index (κ2) is 10.5. The molecule has 3 amide bonds. The molecule has 3 rings (SSSR count). The third-order valence-electron chi connectivity index (χ3n) is 4.52. The Balaban J connectivity index is 1.90. The van der Waals surface area contributed by atoms with Crippen LogP contribution in [0, 0.1) is 0 Å². The molecule has 0 radical (unpaired) electrons. The summed E-state index contributed by atoms with van der Waals surface area (Å²) < 4.78 is 12.6. The first-order chi connectivity index (χ1) is 15.3. The Bertz CT molecular complexity index is 1100. The van der Waals surface area contributed by atoms with Crippen LogP contribution in [-0.2, 0) is 22.6 Å². The normalized spacial score (nSPS) is 14.7. The topological polar surface area (TPSA) is 98.9 Å². The molecule has 7 nitrogen and oxygen atoms in total. The first-order valence-electron chi connectivity index (χ1n) is 9.55. The molecule has 1 heterocycles. The average Bonchev–Trinajstić information content (AvgIpc) is 3.01. The van der Waals surface area contributed by atoms with Crippen LogP contribution in [0.4, 0.5) is 4.79 Å². The van der Waals surface area contributed by atoms with Gasteiger partial charge in [-0.05, 0) is 59.7 Å². The molecule has 32 heavy (non-hydrogen) atoms. The van der Waals surface area contributed by atoms with E-state index in [2.05, 4.69) is 22.5 Å². The van der Waals surface area contributed by atoms with Crippen LogP contribution in [0.15, 0.2) is 58.4 Å². The Hall–Kier alpha value is -3.04. The van der Waals surface area contributed by atoms with Crippen LogP contribution in [0.5, 0.6) is 11.5 Å². The summed E-state index contributed by atoms with van der Waals surface area (Å²) in [6.45, 7) is 3.70. The Morgan fingerprint density at radius 3 is 2.59 bits per heavy atom. The number of thioether (sulfide) groups is 1. The molecule has 0 spiro atoms. The summed E-state index contributed by atoms with van der Waals surface area (Å²) in [4.78, 5) is 36.7. The highest BCUT2D eigenvalue weighted by Crippen LogP contribution is 2.37. The molecule has 0 bridgehead atoms. The van der Waals surface area contributed by atoms with E-state index < -0.39 is 23.6 Å². The lowest BCUT2D eigenvalue weighted by molar-refractivity contribution is -0.127. The van der Waals surface area contributed by atoms with Gasteiger partial charge in [-0.15, -0.1) is 6.58 Å². The number of nitrogens with two attached hydrogens (primary N) is 1. The molecule has 2 aromatic carbocycles. The quantitative estimate of drug-likeness (QED) is 0.394. The van der Waals surface area contributed by atoms with Crippen molar-refractivity contribution in [2.24, 2.45) is 5.73 Å². The minimum atomic E-state index is -0.754. The summed E-state index contributed by atoms with van der Waals surface area (Å²) in [6.07, 6.45) is 3.84. The van der Waals surface area contributed by atoms with Crippen LogP contribution < -0.4 is 15.2 Å². The summed E-state index contributed by atoms with van der Waals surface area (Å²) in [5.41, 5.74) is 7.59. The van der Waals surface area contributed by atoms with Crippen molar-refractivity contribution in [2.45, 2.75) is 13.0 Å². The van der Waals surface area contributed by atoms with Crippen LogP contribution in [0.2, 0.25) is 0 Å². The summed E-state index contributed by atoms with van der Waals surface area (Å²) in [7, 11) is 1.53. The number of ether oxygens (including phenoxy) is 2. The van der Waals surface area contributed by atoms with Gasteiger partial charge in [-0.1, -0.05) is 34.1 Å². The van der Waals surface area contributed by atoms with Gasteiger partial charge < -0.3 is 15.2 Å². The van der Waals surface area contributed by atoms with Gasteiger partial charge in [-0.3, -0.25) is 19.3 Å². The van der Waals surface area contributed by atoms with Gasteiger partial charge in [0.2, 0.25) is 5.91 Å². The van der Waals surface area contributed by atoms with E-state index in [0.29, 0.717) is 30.1 Å². The van der Waals surface area contributed by atoms with E-state index in [9.17, 15) is 14.4 Å². The van der Waals surface area contributed by atoms with Crippen molar-refractivity contribution < 1.29 is 23.9 Å². The molecular weight excluding hydrogens is 496 g/mol. The predicted molar refractivity (Wildman–Crippen MR) is 127 cm³/mol. The fraction of sp³-hybridized carbons (Fsp3) is 0.174. The second-order valence-electron chi connectivity index (χ2n) is 6.85. The first-order valence-corrected chi connectivity index (χ1v) is 11.2. The van der Waals surface area contributed by atoms with Crippen molar-refractivity contribution in [3.63, 3.8) is 0 Å². The zero-order chi connectivity index (χ0) is 23.3. The molecule has 2 N–H and O–H groups in total.